The summed E-state index contributed by atoms with van der Waals surface area (Å²) in [5.41, 5.74) is 7.39. The van der Waals surface area contributed by atoms with E-state index in [0.717, 1.165) is 19.4 Å². The molecular weight excluding hydrogens is 206 g/mol. The van der Waals surface area contributed by atoms with Gasteiger partial charge < -0.3 is 10.5 Å². The third-order valence-corrected chi connectivity index (χ3v) is 3.21. The van der Waals surface area contributed by atoms with Crippen LogP contribution in [0.2, 0.25) is 0 Å². The Morgan fingerprint density at radius 1 is 1.40 bits per heavy atom. The summed E-state index contributed by atoms with van der Waals surface area (Å²) in [6.45, 7) is 0.787. The number of benzene rings is 1. The van der Waals surface area contributed by atoms with E-state index in [1.54, 1.807) is 18.9 Å². The van der Waals surface area contributed by atoms with Crippen molar-refractivity contribution in [2.45, 2.75) is 23.8 Å². The molecule has 0 amide bonds. The highest BCUT2D eigenvalue weighted by Crippen LogP contribution is 2.26. The van der Waals surface area contributed by atoms with Gasteiger partial charge in [-0.05, 0) is 30.7 Å². The molecule has 1 aromatic carbocycles. The lowest BCUT2D eigenvalue weighted by Crippen LogP contribution is -2.12. The number of hydrogen-bond acceptors (Lipinski definition) is 3. The molecule has 0 saturated carbocycles. The monoisotopic (exact) mass is 225 g/mol. The summed E-state index contributed by atoms with van der Waals surface area (Å²) in [7, 11) is 1.72. The second-order valence-electron chi connectivity index (χ2n) is 3.48. The standard InChI is InChI=1S/C12H19NOS/c1-14-9-5-7-11(13)10-6-3-4-8-12(10)15-2/h3-4,6,8,11H,5,7,9,13H2,1-2H3. The molecule has 1 atom stereocenters. The van der Waals surface area contributed by atoms with Crippen LogP contribution >= 0.6 is 11.8 Å². The van der Waals surface area contributed by atoms with Gasteiger partial charge in [0, 0.05) is 24.7 Å². The van der Waals surface area contributed by atoms with E-state index in [9.17, 15) is 0 Å². The molecule has 2 nitrogen and oxygen atoms in total. The molecule has 1 unspecified atom stereocenters. The van der Waals surface area contributed by atoms with Crippen molar-refractivity contribution in [2.24, 2.45) is 5.73 Å². The fraction of sp³-hybridized carbons (Fsp3) is 0.500. The maximum atomic E-state index is 6.14. The molecule has 0 aliphatic rings. The molecule has 0 aliphatic heterocycles. The molecule has 0 bridgehead atoms. The lowest BCUT2D eigenvalue weighted by molar-refractivity contribution is 0.190. The number of ether oxygens (including phenoxy) is 1. The molecule has 0 aliphatic carbocycles. The van der Waals surface area contributed by atoms with Gasteiger partial charge in [-0.25, -0.2) is 0 Å². The maximum Gasteiger partial charge on any atom is 0.0462 e. The van der Waals surface area contributed by atoms with Crippen LogP contribution in [0.25, 0.3) is 0 Å². The Bertz CT molecular complexity index is 291. The number of thioether (sulfide) groups is 1. The number of hydrogen-bond donors (Lipinski definition) is 1. The lowest BCUT2D eigenvalue weighted by Gasteiger charge is -2.14. The first-order valence-electron chi connectivity index (χ1n) is 5.17. The van der Waals surface area contributed by atoms with E-state index in [1.807, 2.05) is 6.07 Å². The highest BCUT2D eigenvalue weighted by Gasteiger charge is 2.09. The Morgan fingerprint density at radius 2 is 2.13 bits per heavy atom. The molecule has 1 rings (SSSR count). The van der Waals surface area contributed by atoms with E-state index >= 15 is 0 Å². The second-order valence-corrected chi connectivity index (χ2v) is 4.33. The molecular formula is C12H19NOS. The Labute approximate surface area is 96.2 Å². The van der Waals surface area contributed by atoms with Gasteiger partial charge in [0.1, 0.15) is 0 Å². The van der Waals surface area contributed by atoms with Crippen molar-refractivity contribution >= 4 is 11.8 Å². The molecule has 0 radical (unpaired) electrons. The highest BCUT2D eigenvalue weighted by atomic mass is 32.2. The average molecular weight is 225 g/mol. The van der Waals surface area contributed by atoms with Gasteiger partial charge in [0.2, 0.25) is 0 Å². The predicted octanol–water partition coefficient (Wildman–Crippen LogP) is 2.83. The third kappa shape index (κ3) is 3.86. The van der Waals surface area contributed by atoms with Crippen LogP contribution in [0, 0.1) is 0 Å². The van der Waals surface area contributed by atoms with Crippen LogP contribution in [0.4, 0.5) is 0 Å². The second kappa shape index (κ2) is 6.88. The van der Waals surface area contributed by atoms with E-state index < -0.39 is 0 Å². The first-order valence-corrected chi connectivity index (χ1v) is 6.39. The van der Waals surface area contributed by atoms with Crippen molar-refractivity contribution in [1.29, 1.82) is 0 Å². The van der Waals surface area contributed by atoms with Crippen LogP contribution in [0.1, 0.15) is 24.4 Å². The summed E-state index contributed by atoms with van der Waals surface area (Å²) in [4.78, 5) is 1.28. The van der Waals surface area contributed by atoms with Gasteiger partial charge >= 0.3 is 0 Å². The Morgan fingerprint density at radius 3 is 2.80 bits per heavy atom. The Balaban J connectivity index is 2.59. The van der Waals surface area contributed by atoms with E-state index in [0.29, 0.717) is 0 Å². The van der Waals surface area contributed by atoms with Gasteiger partial charge in [-0.2, -0.15) is 0 Å². The summed E-state index contributed by atoms with van der Waals surface area (Å²) in [5, 5.41) is 0. The molecule has 0 aromatic heterocycles. The van der Waals surface area contributed by atoms with Crippen LogP contribution in [-0.2, 0) is 4.74 Å². The van der Waals surface area contributed by atoms with E-state index in [-0.39, 0.29) is 6.04 Å². The molecule has 0 spiro atoms. The summed E-state index contributed by atoms with van der Waals surface area (Å²) in [6, 6.07) is 8.46. The minimum Gasteiger partial charge on any atom is -0.385 e. The van der Waals surface area contributed by atoms with E-state index in [4.69, 9.17) is 10.5 Å². The van der Waals surface area contributed by atoms with Crippen molar-refractivity contribution in [1.82, 2.24) is 0 Å². The molecule has 0 heterocycles. The van der Waals surface area contributed by atoms with Gasteiger partial charge in [-0.1, -0.05) is 18.2 Å². The first kappa shape index (κ1) is 12.6. The predicted molar refractivity (Wildman–Crippen MR) is 66.3 cm³/mol. The zero-order chi connectivity index (χ0) is 11.1. The minimum atomic E-state index is 0.129. The summed E-state index contributed by atoms with van der Waals surface area (Å²) in [5.74, 6) is 0. The topological polar surface area (TPSA) is 35.2 Å². The smallest absolute Gasteiger partial charge is 0.0462 e. The fourth-order valence-electron chi connectivity index (χ4n) is 1.58. The van der Waals surface area contributed by atoms with E-state index in [1.165, 1.54) is 10.5 Å². The lowest BCUT2D eigenvalue weighted by atomic mass is 10.0. The van der Waals surface area contributed by atoms with Crippen molar-refractivity contribution in [3.63, 3.8) is 0 Å². The zero-order valence-electron chi connectivity index (χ0n) is 9.40. The summed E-state index contributed by atoms with van der Waals surface area (Å²) < 4.78 is 5.02. The quantitative estimate of drug-likeness (QED) is 0.597. The van der Waals surface area contributed by atoms with Crippen LogP contribution in [-0.4, -0.2) is 20.0 Å². The molecule has 84 valence electrons. The van der Waals surface area contributed by atoms with Gasteiger partial charge in [0.25, 0.3) is 0 Å². The number of nitrogens with two attached hydrogens (primary N) is 1. The largest absolute Gasteiger partial charge is 0.385 e. The van der Waals surface area contributed by atoms with Crippen molar-refractivity contribution in [2.75, 3.05) is 20.0 Å². The van der Waals surface area contributed by atoms with Gasteiger partial charge in [0.15, 0.2) is 0 Å². The number of rotatable bonds is 6. The SMILES string of the molecule is COCCCC(N)c1ccccc1SC. The minimum absolute atomic E-state index is 0.129. The third-order valence-electron chi connectivity index (χ3n) is 2.40. The first-order chi connectivity index (χ1) is 7.29. The van der Waals surface area contributed by atoms with Gasteiger partial charge in [-0.3, -0.25) is 0 Å². The average Bonchev–Trinajstić information content (AvgIpc) is 2.29. The highest BCUT2D eigenvalue weighted by molar-refractivity contribution is 7.98. The molecule has 15 heavy (non-hydrogen) atoms. The Kier molecular flexibility index (Phi) is 5.76. The van der Waals surface area contributed by atoms with Crippen LogP contribution < -0.4 is 5.73 Å². The van der Waals surface area contributed by atoms with E-state index in [2.05, 4.69) is 24.5 Å². The summed E-state index contributed by atoms with van der Waals surface area (Å²) in [6.07, 6.45) is 4.08. The van der Waals surface area contributed by atoms with Crippen LogP contribution in [0.5, 0.6) is 0 Å². The maximum absolute atomic E-state index is 6.14. The summed E-state index contributed by atoms with van der Waals surface area (Å²) >= 11 is 1.75. The molecule has 0 fully saturated rings. The van der Waals surface area contributed by atoms with Crippen molar-refractivity contribution in [3.8, 4) is 0 Å². The molecule has 1 aromatic rings. The van der Waals surface area contributed by atoms with Crippen molar-refractivity contribution in [3.05, 3.63) is 29.8 Å². The number of methoxy groups -OCH3 is 1. The van der Waals surface area contributed by atoms with Gasteiger partial charge in [-0.15, -0.1) is 11.8 Å². The normalized spacial score (nSPS) is 12.7. The fourth-order valence-corrected chi connectivity index (χ4v) is 2.25. The van der Waals surface area contributed by atoms with Crippen LogP contribution in [0.15, 0.2) is 29.2 Å². The van der Waals surface area contributed by atoms with Crippen LogP contribution in [0.3, 0.4) is 0 Å². The Hall–Kier alpha value is -0.510. The van der Waals surface area contributed by atoms with Crippen molar-refractivity contribution < 1.29 is 4.74 Å². The van der Waals surface area contributed by atoms with Gasteiger partial charge in [0.05, 0.1) is 0 Å². The molecule has 0 saturated heterocycles. The zero-order valence-corrected chi connectivity index (χ0v) is 10.2. The molecule has 3 heteroatoms. The molecule has 2 N–H and O–H groups in total.